The highest BCUT2D eigenvalue weighted by atomic mass is 32.2. The molecule has 78 valence electrons. The second kappa shape index (κ2) is 7.37. The highest BCUT2D eigenvalue weighted by Crippen LogP contribution is 1.97. The standard InChI is InChI=1S/C9H14N2O2S/c1-2-9-14(12,13)11-8-6-4-3-5-7-10/h11H,3-6,8H2,1H3. The summed E-state index contributed by atoms with van der Waals surface area (Å²) in [6.07, 6.45) is 2.95. The minimum absolute atomic E-state index is 0.391. The molecular formula is C9H14N2O2S. The molecule has 0 saturated heterocycles. The molecule has 1 N–H and O–H groups in total. The van der Waals surface area contributed by atoms with E-state index in [0.717, 1.165) is 19.3 Å². The van der Waals surface area contributed by atoms with Gasteiger partial charge in [-0.05, 0) is 19.8 Å². The summed E-state index contributed by atoms with van der Waals surface area (Å²) in [7, 11) is -3.40. The molecule has 0 bridgehead atoms. The Morgan fingerprint density at radius 2 is 2.00 bits per heavy atom. The Balaban J connectivity index is 3.54. The summed E-state index contributed by atoms with van der Waals surface area (Å²) in [5.41, 5.74) is 0. The summed E-state index contributed by atoms with van der Waals surface area (Å²) in [6.45, 7) is 1.87. The van der Waals surface area contributed by atoms with Crippen LogP contribution >= 0.6 is 0 Å². The number of sulfonamides is 1. The van der Waals surface area contributed by atoms with Crippen LogP contribution in [-0.2, 0) is 10.0 Å². The lowest BCUT2D eigenvalue weighted by Gasteiger charge is -1.99. The second-order valence-corrected chi connectivity index (χ2v) is 4.22. The van der Waals surface area contributed by atoms with Crippen molar-refractivity contribution in [2.24, 2.45) is 0 Å². The normalized spacial score (nSPS) is 10.0. The Labute approximate surface area is 85.4 Å². The average molecular weight is 214 g/mol. The van der Waals surface area contributed by atoms with Gasteiger partial charge >= 0.3 is 0 Å². The number of nitrogens with zero attached hydrogens (tertiary/aromatic N) is 1. The molecule has 0 aliphatic carbocycles. The van der Waals surface area contributed by atoms with Gasteiger partial charge in [0.25, 0.3) is 10.0 Å². The van der Waals surface area contributed by atoms with E-state index in [9.17, 15) is 8.42 Å². The smallest absolute Gasteiger partial charge is 0.205 e. The van der Waals surface area contributed by atoms with Crippen LogP contribution in [0.4, 0.5) is 0 Å². The second-order valence-electron chi connectivity index (χ2n) is 2.72. The van der Waals surface area contributed by atoms with E-state index >= 15 is 0 Å². The van der Waals surface area contributed by atoms with Gasteiger partial charge in [-0.3, -0.25) is 0 Å². The molecule has 4 nitrogen and oxygen atoms in total. The number of hydrogen-bond acceptors (Lipinski definition) is 3. The Morgan fingerprint density at radius 1 is 1.29 bits per heavy atom. The lowest BCUT2D eigenvalue weighted by Crippen LogP contribution is -2.22. The van der Waals surface area contributed by atoms with Crippen LogP contribution in [0.15, 0.2) is 0 Å². The van der Waals surface area contributed by atoms with Gasteiger partial charge < -0.3 is 0 Å². The largest absolute Gasteiger partial charge is 0.280 e. The monoisotopic (exact) mass is 214 g/mol. The third-order valence-electron chi connectivity index (χ3n) is 1.49. The van der Waals surface area contributed by atoms with Gasteiger partial charge in [0.1, 0.15) is 0 Å². The van der Waals surface area contributed by atoms with Crippen LogP contribution in [0.2, 0.25) is 0 Å². The molecule has 0 aromatic carbocycles. The number of rotatable bonds is 6. The molecule has 14 heavy (non-hydrogen) atoms. The highest BCUT2D eigenvalue weighted by Gasteiger charge is 2.02. The third-order valence-corrected chi connectivity index (χ3v) is 2.55. The van der Waals surface area contributed by atoms with Crippen molar-refractivity contribution < 1.29 is 8.42 Å². The molecule has 0 aliphatic heterocycles. The van der Waals surface area contributed by atoms with Crippen molar-refractivity contribution in [3.63, 3.8) is 0 Å². The number of hydrogen-bond donors (Lipinski definition) is 1. The van der Waals surface area contributed by atoms with Crippen molar-refractivity contribution in [1.82, 2.24) is 4.72 Å². The predicted molar refractivity (Wildman–Crippen MR) is 54.5 cm³/mol. The summed E-state index contributed by atoms with van der Waals surface area (Å²) in [5, 5.41) is 10.3. The number of nitrogens with one attached hydrogen (secondary N) is 1. The van der Waals surface area contributed by atoms with Crippen LogP contribution in [0.5, 0.6) is 0 Å². The maximum absolute atomic E-state index is 11.0. The quantitative estimate of drug-likeness (QED) is 0.529. The van der Waals surface area contributed by atoms with Crippen molar-refractivity contribution in [2.45, 2.75) is 32.6 Å². The predicted octanol–water partition coefficient (Wildman–Crippen LogP) is 0.971. The van der Waals surface area contributed by atoms with Crippen LogP contribution < -0.4 is 4.72 Å². The molecule has 0 aliphatic rings. The van der Waals surface area contributed by atoms with E-state index in [1.165, 1.54) is 6.92 Å². The first-order valence-electron chi connectivity index (χ1n) is 4.42. The molecule has 0 atom stereocenters. The first-order chi connectivity index (χ1) is 6.62. The fraction of sp³-hybridized carbons (Fsp3) is 0.667. The van der Waals surface area contributed by atoms with Gasteiger partial charge in [-0.15, -0.1) is 0 Å². The van der Waals surface area contributed by atoms with Gasteiger partial charge in [0.15, 0.2) is 0 Å². The van der Waals surface area contributed by atoms with Crippen LogP contribution in [0, 0.1) is 22.5 Å². The van der Waals surface area contributed by atoms with Crippen LogP contribution in [-0.4, -0.2) is 15.0 Å². The van der Waals surface area contributed by atoms with E-state index in [1.54, 1.807) is 0 Å². The Bertz CT molecular complexity index is 343. The molecule has 0 heterocycles. The molecule has 0 spiro atoms. The first-order valence-corrected chi connectivity index (χ1v) is 5.91. The van der Waals surface area contributed by atoms with Gasteiger partial charge in [0.05, 0.1) is 6.07 Å². The van der Waals surface area contributed by atoms with E-state index in [1.807, 2.05) is 6.07 Å². The Kier molecular flexibility index (Phi) is 6.82. The SMILES string of the molecule is CC#CS(=O)(=O)NCCCCCC#N. The Morgan fingerprint density at radius 3 is 2.57 bits per heavy atom. The van der Waals surface area contributed by atoms with Gasteiger partial charge in [0.2, 0.25) is 0 Å². The summed E-state index contributed by atoms with van der Waals surface area (Å²) < 4.78 is 24.3. The van der Waals surface area contributed by atoms with Crippen molar-refractivity contribution >= 4 is 10.0 Å². The van der Waals surface area contributed by atoms with Gasteiger partial charge in [-0.2, -0.15) is 13.7 Å². The maximum atomic E-state index is 11.0. The molecule has 0 saturated carbocycles. The highest BCUT2D eigenvalue weighted by molar-refractivity contribution is 7.94. The fourth-order valence-corrected chi connectivity index (χ4v) is 1.64. The van der Waals surface area contributed by atoms with Gasteiger partial charge in [-0.25, -0.2) is 4.72 Å². The first kappa shape index (κ1) is 13.0. The molecular weight excluding hydrogens is 200 g/mol. The molecule has 0 rings (SSSR count). The van der Waals surface area contributed by atoms with Crippen LogP contribution in [0.1, 0.15) is 32.6 Å². The summed E-state index contributed by atoms with van der Waals surface area (Å²) in [5.74, 6) is 2.33. The van der Waals surface area contributed by atoms with E-state index in [-0.39, 0.29) is 0 Å². The Hall–Kier alpha value is -1.04. The summed E-state index contributed by atoms with van der Waals surface area (Å²) in [4.78, 5) is 0. The topological polar surface area (TPSA) is 70.0 Å². The van der Waals surface area contributed by atoms with Crippen molar-refractivity contribution in [2.75, 3.05) is 6.54 Å². The van der Waals surface area contributed by atoms with E-state index in [2.05, 4.69) is 15.9 Å². The van der Waals surface area contributed by atoms with E-state index < -0.39 is 10.0 Å². The molecule has 0 aromatic heterocycles. The maximum Gasteiger partial charge on any atom is 0.280 e. The lowest BCUT2D eigenvalue weighted by molar-refractivity contribution is 0.585. The fourth-order valence-electron chi connectivity index (χ4n) is 0.883. The molecule has 0 aromatic rings. The third kappa shape index (κ3) is 7.60. The molecule has 5 heteroatoms. The molecule has 0 fully saturated rings. The van der Waals surface area contributed by atoms with Crippen LogP contribution in [0.25, 0.3) is 0 Å². The lowest BCUT2D eigenvalue weighted by atomic mass is 10.2. The molecule has 0 unspecified atom stereocenters. The molecule has 0 radical (unpaired) electrons. The van der Waals surface area contributed by atoms with Gasteiger partial charge in [-0.1, -0.05) is 12.3 Å². The number of nitriles is 1. The van der Waals surface area contributed by atoms with E-state index in [0.29, 0.717) is 13.0 Å². The van der Waals surface area contributed by atoms with Crippen molar-refractivity contribution in [3.8, 4) is 17.2 Å². The van der Waals surface area contributed by atoms with Crippen molar-refractivity contribution in [3.05, 3.63) is 0 Å². The van der Waals surface area contributed by atoms with Crippen LogP contribution in [0.3, 0.4) is 0 Å². The number of unbranched alkanes of at least 4 members (excludes halogenated alkanes) is 3. The zero-order valence-corrected chi connectivity index (χ0v) is 9.02. The zero-order chi connectivity index (χ0) is 10.9. The molecule has 0 amide bonds. The van der Waals surface area contributed by atoms with Gasteiger partial charge in [0, 0.05) is 18.2 Å². The minimum Gasteiger partial charge on any atom is -0.205 e. The van der Waals surface area contributed by atoms with Crippen molar-refractivity contribution in [1.29, 1.82) is 5.26 Å². The van der Waals surface area contributed by atoms with E-state index in [4.69, 9.17) is 5.26 Å². The summed E-state index contributed by atoms with van der Waals surface area (Å²) in [6, 6.07) is 2.03. The summed E-state index contributed by atoms with van der Waals surface area (Å²) >= 11 is 0. The average Bonchev–Trinajstić information content (AvgIpc) is 2.11. The minimum atomic E-state index is -3.40. The zero-order valence-electron chi connectivity index (χ0n) is 8.21.